The lowest BCUT2D eigenvalue weighted by molar-refractivity contribution is -0.119. The van der Waals surface area contributed by atoms with E-state index in [9.17, 15) is 4.79 Å². The minimum absolute atomic E-state index is 0.0991. The molecule has 1 rings (SSSR count). The molecule has 0 radical (unpaired) electrons. The van der Waals surface area contributed by atoms with Gasteiger partial charge in [0.05, 0.1) is 0 Å². The highest BCUT2D eigenvalue weighted by Gasteiger charge is 2.20. The van der Waals surface area contributed by atoms with E-state index >= 15 is 0 Å². The van der Waals surface area contributed by atoms with E-state index in [2.05, 4.69) is 22.5 Å². The SMILES string of the molecule is CNCC(C)CN1CCC(NC(C)=O)CC1. The Kier molecular flexibility index (Phi) is 5.77. The summed E-state index contributed by atoms with van der Waals surface area (Å²) in [5.41, 5.74) is 0. The molecule has 2 N–H and O–H groups in total. The van der Waals surface area contributed by atoms with Gasteiger partial charge >= 0.3 is 0 Å². The highest BCUT2D eigenvalue weighted by Crippen LogP contribution is 2.11. The van der Waals surface area contributed by atoms with E-state index < -0.39 is 0 Å². The first-order valence-corrected chi connectivity index (χ1v) is 6.26. The van der Waals surface area contributed by atoms with Gasteiger partial charge in [-0.1, -0.05) is 6.92 Å². The molecular formula is C12H25N3O. The van der Waals surface area contributed by atoms with Gasteiger partial charge in [0.25, 0.3) is 0 Å². The average molecular weight is 227 g/mol. The van der Waals surface area contributed by atoms with E-state index in [1.54, 1.807) is 6.92 Å². The molecule has 1 amide bonds. The monoisotopic (exact) mass is 227 g/mol. The second kappa shape index (κ2) is 6.86. The highest BCUT2D eigenvalue weighted by atomic mass is 16.1. The van der Waals surface area contributed by atoms with E-state index in [-0.39, 0.29) is 5.91 Å². The molecule has 0 bridgehead atoms. The Morgan fingerprint density at radius 3 is 2.56 bits per heavy atom. The molecule has 1 saturated heterocycles. The van der Waals surface area contributed by atoms with Crippen molar-refractivity contribution in [2.45, 2.75) is 32.7 Å². The highest BCUT2D eigenvalue weighted by molar-refractivity contribution is 5.73. The predicted molar refractivity (Wildman–Crippen MR) is 66.4 cm³/mol. The quantitative estimate of drug-likeness (QED) is 0.716. The van der Waals surface area contributed by atoms with Crippen molar-refractivity contribution in [1.29, 1.82) is 0 Å². The number of nitrogens with one attached hydrogen (secondary N) is 2. The van der Waals surface area contributed by atoms with Gasteiger partial charge in [-0.25, -0.2) is 0 Å². The largest absolute Gasteiger partial charge is 0.354 e. The molecule has 1 atom stereocenters. The van der Waals surface area contributed by atoms with Crippen LogP contribution in [0.5, 0.6) is 0 Å². The van der Waals surface area contributed by atoms with Gasteiger partial charge < -0.3 is 15.5 Å². The molecule has 1 aliphatic heterocycles. The molecule has 1 aliphatic rings. The molecule has 0 aromatic heterocycles. The summed E-state index contributed by atoms with van der Waals surface area (Å²) in [5, 5.41) is 6.21. The van der Waals surface area contributed by atoms with E-state index in [0.717, 1.165) is 39.0 Å². The number of nitrogens with zero attached hydrogens (tertiary/aromatic N) is 1. The molecule has 0 spiro atoms. The van der Waals surface area contributed by atoms with Crippen LogP contribution < -0.4 is 10.6 Å². The number of amides is 1. The number of rotatable bonds is 5. The summed E-state index contributed by atoms with van der Waals surface area (Å²) < 4.78 is 0. The number of carbonyl (C=O) groups is 1. The number of hydrogen-bond donors (Lipinski definition) is 2. The van der Waals surface area contributed by atoms with Crippen molar-refractivity contribution in [2.24, 2.45) is 5.92 Å². The molecule has 1 heterocycles. The second-order valence-electron chi connectivity index (χ2n) is 4.94. The summed E-state index contributed by atoms with van der Waals surface area (Å²) in [6.07, 6.45) is 2.18. The molecule has 0 aliphatic carbocycles. The maximum Gasteiger partial charge on any atom is 0.217 e. The summed E-state index contributed by atoms with van der Waals surface area (Å²) >= 11 is 0. The zero-order valence-electron chi connectivity index (χ0n) is 10.8. The van der Waals surface area contributed by atoms with Gasteiger partial charge in [0.15, 0.2) is 0 Å². The van der Waals surface area contributed by atoms with Gasteiger partial charge in [-0.3, -0.25) is 4.79 Å². The van der Waals surface area contributed by atoms with Gasteiger partial charge in [0, 0.05) is 32.6 Å². The topological polar surface area (TPSA) is 44.4 Å². The Bertz CT molecular complexity index is 212. The van der Waals surface area contributed by atoms with Crippen molar-refractivity contribution in [1.82, 2.24) is 15.5 Å². The van der Waals surface area contributed by atoms with Gasteiger partial charge in [-0.2, -0.15) is 0 Å². The van der Waals surface area contributed by atoms with Crippen LogP contribution >= 0.6 is 0 Å². The third-order valence-corrected chi connectivity index (χ3v) is 3.12. The average Bonchev–Trinajstić information content (AvgIpc) is 2.20. The zero-order chi connectivity index (χ0) is 12.0. The number of carbonyl (C=O) groups excluding carboxylic acids is 1. The Morgan fingerprint density at radius 2 is 2.06 bits per heavy atom. The fourth-order valence-electron chi connectivity index (χ4n) is 2.40. The smallest absolute Gasteiger partial charge is 0.217 e. The Hall–Kier alpha value is -0.610. The molecule has 1 fully saturated rings. The van der Waals surface area contributed by atoms with Crippen LogP contribution in [0.25, 0.3) is 0 Å². The molecule has 4 nitrogen and oxygen atoms in total. The lowest BCUT2D eigenvalue weighted by Crippen LogP contribution is -2.45. The van der Waals surface area contributed by atoms with Crippen molar-refractivity contribution in [3.8, 4) is 0 Å². The van der Waals surface area contributed by atoms with Crippen LogP contribution in [0.3, 0.4) is 0 Å². The lowest BCUT2D eigenvalue weighted by Gasteiger charge is -2.33. The molecule has 16 heavy (non-hydrogen) atoms. The first-order valence-electron chi connectivity index (χ1n) is 6.26. The van der Waals surface area contributed by atoms with E-state index in [4.69, 9.17) is 0 Å². The van der Waals surface area contributed by atoms with E-state index in [1.165, 1.54) is 0 Å². The van der Waals surface area contributed by atoms with Gasteiger partial charge in [-0.15, -0.1) is 0 Å². The van der Waals surface area contributed by atoms with Gasteiger partial charge in [-0.05, 0) is 32.4 Å². The number of hydrogen-bond acceptors (Lipinski definition) is 3. The lowest BCUT2D eigenvalue weighted by atomic mass is 10.0. The second-order valence-corrected chi connectivity index (χ2v) is 4.94. The summed E-state index contributed by atoms with van der Waals surface area (Å²) in [6, 6.07) is 0.397. The van der Waals surface area contributed by atoms with E-state index in [0.29, 0.717) is 12.0 Å². The predicted octanol–water partition coefficient (Wildman–Crippen LogP) is 0.442. The molecule has 1 unspecified atom stereocenters. The maximum atomic E-state index is 10.9. The van der Waals surface area contributed by atoms with Crippen molar-refractivity contribution in [3.05, 3.63) is 0 Å². The normalized spacial score (nSPS) is 20.7. The summed E-state index contributed by atoms with van der Waals surface area (Å²) in [6.45, 7) is 8.33. The third kappa shape index (κ3) is 4.94. The fourth-order valence-corrected chi connectivity index (χ4v) is 2.40. The number of likely N-dealkylation sites (tertiary alicyclic amines) is 1. The molecule has 0 saturated carbocycles. The van der Waals surface area contributed by atoms with Crippen LogP contribution in [0, 0.1) is 5.92 Å². The maximum absolute atomic E-state index is 10.9. The van der Waals surface area contributed by atoms with Crippen LogP contribution in [0.4, 0.5) is 0 Å². The minimum atomic E-state index is 0.0991. The third-order valence-electron chi connectivity index (χ3n) is 3.12. The van der Waals surface area contributed by atoms with Gasteiger partial charge in [0.1, 0.15) is 0 Å². The van der Waals surface area contributed by atoms with Crippen LogP contribution in [0.15, 0.2) is 0 Å². The Labute approximate surface area is 98.8 Å². The zero-order valence-corrected chi connectivity index (χ0v) is 10.8. The first kappa shape index (κ1) is 13.5. The molecule has 94 valence electrons. The fraction of sp³-hybridized carbons (Fsp3) is 0.917. The minimum Gasteiger partial charge on any atom is -0.354 e. The van der Waals surface area contributed by atoms with Crippen LogP contribution in [0.2, 0.25) is 0 Å². The molecule has 0 aromatic carbocycles. The Morgan fingerprint density at radius 1 is 1.44 bits per heavy atom. The summed E-state index contributed by atoms with van der Waals surface area (Å²) in [4.78, 5) is 13.4. The van der Waals surface area contributed by atoms with Crippen molar-refractivity contribution in [3.63, 3.8) is 0 Å². The molecular weight excluding hydrogens is 202 g/mol. The van der Waals surface area contributed by atoms with E-state index in [1.807, 2.05) is 7.05 Å². The molecule has 4 heteroatoms. The van der Waals surface area contributed by atoms with Crippen molar-refractivity contribution < 1.29 is 4.79 Å². The van der Waals surface area contributed by atoms with Gasteiger partial charge in [0.2, 0.25) is 5.91 Å². The van der Waals surface area contributed by atoms with Crippen molar-refractivity contribution in [2.75, 3.05) is 33.2 Å². The first-order chi connectivity index (χ1) is 7.61. The summed E-state index contributed by atoms with van der Waals surface area (Å²) in [7, 11) is 2.00. The number of piperidine rings is 1. The van der Waals surface area contributed by atoms with Crippen LogP contribution in [-0.4, -0.2) is 50.1 Å². The standard InChI is InChI=1S/C12H25N3O/c1-10(8-13-3)9-15-6-4-12(5-7-15)14-11(2)16/h10,12-13H,4-9H2,1-3H3,(H,14,16). The Balaban J connectivity index is 2.18. The van der Waals surface area contributed by atoms with Crippen LogP contribution in [0.1, 0.15) is 26.7 Å². The summed E-state index contributed by atoms with van der Waals surface area (Å²) in [5.74, 6) is 0.796. The molecule has 0 aromatic rings. The van der Waals surface area contributed by atoms with Crippen molar-refractivity contribution >= 4 is 5.91 Å². The van der Waals surface area contributed by atoms with Crippen LogP contribution in [-0.2, 0) is 4.79 Å².